The predicted molar refractivity (Wildman–Crippen MR) is 63.5 cm³/mol. The molecule has 0 aromatic heterocycles. The molecule has 1 saturated heterocycles. The fourth-order valence-electron chi connectivity index (χ4n) is 2.18. The van der Waals surface area contributed by atoms with Crippen molar-refractivity contribution < 1.29 is 0 Å². The van der Waals surface area contributed by atoms with Crippen molar-refractivity contribution in [1.29, 1.82) is 0 Å². The molecule has 1 fully saturated rings. The lowest BCUT2D eigenvalue weighted by molar-refractivity contribution is 0.225. The minimum Gasteiger partial charge on any atom is -0.303 e. The normalized spacial score (nSPS) is 24.9. The first-order chi connectivity index (χ1) is 6.39. The third-order valence-electron chi connectivity index (χ3n) is 3.52. The van der Waals surface area contributed by atoms with Crippen LogP contribution in [-0.4, -0.2) is 24.5 Å². The first kappa shape index (κ1) is 12.0. The van der Waals surface area contributed by atoms with Crippen LogP contribution in [0, 0.1) is 17.3 Å². The molecule has 0 radical (unpaired) electrons. The van der Waals surface area contributed by atoms with E-state index in [9.17, 15) is 0 Å². The van der Waals surface area contributed by atoms with Gasteiger partial charge in [0, 0.05) is 6.54 Å². The van der Waals surface area contributed by atoms with Crippen molar-refractivity contribution in [1.82, 2.24) is 4.90 Å². The summed E-state index contributed by atoms with van der Waals surface area (Å²) < 4.78 is 0. The molecule has 0 aromatic rings. The minimum absolute atomic E-state index is 0.507. The van der Waals surface area contributed by atoms with Gasteiger partial charge < -0.3 is 4.90 Å². The Morgan fingerprint density at radius 2 is 1.93 bits per heavy atom. The highest BCUT2D eigenvalue weighted by molar-refractivity contribution is 4.83. The molecular formula is C13H27N. The maximum Gasteiger partial charge on any atom is 0.00151 e. The van der Waals surface area contributed by atoms with Crippen LogP contribution in [0.15, 0.2) is 0 Å². The quantitative estimate of drug-likeness (QED) is 0.670. The Balaban J connectivity index is 2.27. The first-order valence-electron chi connectivity index (χ1n) is 6.12. The Bertz CT molecular complexity index is 167. The van der Waals surface area contributed by atoms with Crippen LogP contribution < -0.4 is 0 Å². The third kappa shape index (κ3) is 3.61. The fourth-order valence-corrected chi connectivity index (χ4v) is 2.18. The average molecular weight is 197 g/mol. The summed E-state index contributed by atoms with van der Waals surface area (Å²) in [5.74, 6) is 1.76. The van der Waals surface area contributed by atoms with Crippen molar-refractivity contribution in [3.8, 4) is 0 Å². The van der Waals surface area contributed by atoms with E-state index >= 15 is 0 Å². The maximum absolute atomic E-state index is 2.65. The van der Waals surface area contributed by atoms with Gasteiger partial charge in [0.15, 0.2) is 0 Å². The average Bonchev–Trinajstić information content (AvgIpc) is 2.47. The molecule has 1 aliphatic rings. The predicted octanol–water partition coefficient (Wildman–Crippen LogP) is 3.40. The summed E-state index contributed by atoms with van der Waals surface area (Å²) in [6, 6.07) is 0. The van der Waals surface area contributed by atoms with Gasteiger partial charge >= 0.3 is 0 Å². The number of hydrogen-bond donors (Lipinski definition) is 0. The first-order valence-corrected chi connectivity index (χ1v) is 6.12. The van der Waals surface area contributed by atoms with Gasteiger partial charge in [0.05, 0.1) is 0 Å². The van der Waals surface area contributed by atoms with E-state index in [-0.39, 0.29) is 0 Å². The molecule has 0 amide bonds. The molecule has 1 heterocycles. The third-order valence-corrected chi connectivity index (χ3v) is 3.52. The number of hydrogen-bond acceptors (Lipinski definition) is 1. The van der Waals surface area contributed by atoms with Crippen LogP contribution in [0.1, 0.15) is 47.5 Å². The zero-order chi connectivity index (χ0) is 10.8. The monoisotopic (exact) mass is 197 g/mol. The Kier molecular flexibility index (Phi) is 4.00. The molecule has 14 heavy (non-hydrogen) atoms. The summed E-state index contributed by atoms with van der Waals surface area (Å²) in [7, 11) is 0. The van der Waals surface area contributed by atoms with Gasteiger partial charge in [-0.05, 0) is 43.2 Å². The second-order valence-corrected chi connectivity index (χ2v) is 6.33. The highest BCUT2D eigenvalue weighted by Crippen LogP contribution is 2.33. The van der Waals surface area contributed by atoms with E-state index in [2.05, 4.69) is 39.5 Å². The van der Waals surface area contributed by atoms with Gasteiger partial charge in [-0.3, -0.25) is 0 Å². The van der Waals surface area contributed by atoms with Gasteiger partial charge in [-0.2, -0.15) is 0 Å². The molecule has 1 rings (SSSR count). The van der Waals surface area contributed by atoms with Gasteiger partial charge in [-0.1, -0.05) is 34.6 Å². The van der Waals surface area contributed by atoms with E-state index in [4.69, 9.17) is 0 Å². The summed E-state index contributed by atoms with van der Waals surface area (Å²) in [6.45, 7) is 15.7. The van der Waals surface area contributed by atoms with E-state index in [1.807, 2.05) is 0 Å². The molecule has 1 nitrogen and oxygen atoms in total. The van der Waals surface area contributed by atoms with Crippen molar-refractivity contribution in [2.75, 3.05) is 19.6 Å². The fraction of sp³-hybridized carbons (Fsp3) is 1.00. The molecule has 0 aromatic carbocycles. The Labute approximate surface area is 89.9 Å². The molecule has 0 aliphatic carbocycles. The summed E-state index contributed by atoms with van der Waals surface area (Å²) in [5.41, 5.74) is 0.507. The van der Waals surface area contributed by atoms with Gasteiger partial charge in [0.25, 0.3) is 0 Å². The van der Waals surface area contributed by atoms with Crippen molar-refractivity contribution in [2.45, 2.75) is 47.5 Å². The largest absolute Gasteiger partial charge is 0.303 e. The SMILES string of the molecule is CC(C)CCN1CCC(C(C)(C)C)C1. The van der Waals surface area contributed by atoms with E-state index in [0.717, 1.165) is 11.8 Å². The summed E-state index contributed by atoms with van der Waals surface area (Å²) in [6.07, 6.45) is 2.76. The molecule has 1 heteroatoms. The van der Waals surface area contributed by atoms with Crippen molar-refractivity contribution in [3.63, 3.8) is 0 Å². The molecule has 0 bridgehead atoms. The van der Waals surface area contributed by atoms with Gasteiger partial charge in [0.1, 0.15) is 0 Å². The number of nitrogens with zero attached hydrogens (tertiary/aromatic N) is 1. The van der Waals surface area contributed by atoms with Crippen LogP contribution in [0.5, 0.6) is 0 Å². The summed E-state index contributed by atoms with van der Waals surface area (Å²) in [5, 5.41) is 0. The summed E-state index contributed by atoms with van der Waals surface area (Å²) in [4.78, 5) is 2.65. The highest BCUT2D eigenvalue weighted by atomic mass is 15.1. The van der Waals surface area contributed by atoms with E-state index in [0.29, 0.717) is 5.41 Å². The molecule has 1 unspecified atom stereocenters. The Morgan fingerprint density at radius 3 is 2.36 bits per heavy atom. The smallest absolute Gasteiger partial charge is 0.00151 e. The molecule has 1 aliphatic heterocycles. The van der Waals surface area contributed by atoms with Crippen LogP contribution in [0.4, 0.5) is 0 Å². The molecule has 1 atom stereocenters. The summed E-state index contributed by atoms with van der Waals surface area (Å²) >= 11 is 0. The Morgan fingerprint density at radius 1 is 1.29 bits per heavy atom. The standard InChI is InChI=1S/C13H27N/c1-11(2)6-8-14-9-7-12(10-14)13(3,4)5/h11-12H,6-10H2,1-5H3. The van der Waals surface area contributed by atoms with Crippen LogP contribution in [0.25, 0.3) is 0 Å². The minimum atomic E-state index is 0.507. The maximum atomic E-state index is 2.65. The lowest BCUT2D eigenvalue weighted by Gasteiger charge is -2.27. The topological polar surface area (TPSA) is 3.24 Å². The van der Waals surface area contributed by atoms with Crippen LogP contribution in [-0.2, 0) is 0 Å². The molecule has 0 saturated carbocycles. The second-order valence-electron chi connectivity index (χ2n) is 6.33. The van der Waals surface area contributed by atoms with Crippen LogP contribution in [0.3, 0.4) is 0 Å². The number of likely N-dealkylation sites (tertiary alicyclic amines) is 1. The van der Waals surface area contributed by atoms with Crippen molar-refractivity contribution in [2.24, 2.45) is 17.3 Å². The Hall–Kier alpha value is -0.0400. The second kappa shape index (κ2) is 4.65. The van der Waals surface area contributed by atoms with E-state index < -0.39 is 0 Å². The van der Waals surface area contributed by atoms with Crippen molar-refractivity contribution >= 4 is 0 Å². The van der Waals surface area contributed by atoms with E-state index in [1.54, 1.807) is 0 Å². The van der Waals surface area contributed by atoms with Gasteiger partial charge in [0.2, 0.25) is 0 Å². The molecule has 84 valence electrons. The zero-order valence-electron chi connectivity index (χ0n) is 10.6. The lowest BCUT2D eigenvalue weighted by Crippen LogP contribution is -2.27. The lowest BCUT2D eigenvalue weighted by atomic mass is 9.80. The van der Waals surface area contributed by atoms with Gasteiger partial charge in [-0.15, -0.1) is 0 Å². The molecular weight excluding hydrogens is 170 g/mol. The van der Waals surface area contributed by atoms with Gasteiger partial charge in [-0.25, -0.2) is 0 Å². The highest BCUT2D eigenvalue weighted by Gasteiger charge is 2.31. The van der Waals surface area contributed by atoms with Crippen LogP contribution in [0.2, 0.25) is 0 Å². The molecule has 0 spiro atoms. The zero-order valence-corrected chi connectivity index (χ0v) is 10.6. The van der Waals surface area contributed by atoms with Crippen molar-refractivity contribution in [3.05, 3.63) is 0 Å². The van der Waals surface area contributed by atoms with Crippen LogP contribution >= 0.6 is 0 Å². The number of rotatable bonds is 3. The molecule has 0 N–H and O–H groups in total. The van der Waals surface area contributed by atoms with E-state index in [1.165, 1.54) is 32.5 Å².